The third-order valence-corrected chi connectivity index (χ3v) is 3.53. The van der Waals surface area contributed by atoms with Gasteiger partial charge in [0.15, 0.2) is 0 Å². The molecule has 0 aliphatic carbocycles. The van der Waals surface area contributed by atoms with Crippen LogP contribution in [0.3, 0.4) is 0 Å². The number of hydrogen-bond donors (Lipinski definition) is 1. The summed E-state index contributed by atoms with van der Waals surface area (Å²) in [6.45, 7) is 1.88. The minimum Gasteiger partial charge on any atom is -0.497 e. The summed E-state index contributed by atoms with van der Waals surface area (Å²) in [5, 5.41) is 17.8. The summed E-state index contributed by atoms with van der Waals surface area (Å²) in [6.07, 6.45) is 0. The Hall–Kier alpha value is -2.66. The van der Waals surface area contributed by atoms with Crippen molar-refractivity contribution in [3.8, 4) is 22.7 Å². The highest BCUT2D eigenvalue weighted by atomic mass is 16.5. The van der Waals surface area contributed by atoms with Gasteiger partial charge in [0.05, 0.1) is 19.4 Å². The Balaban J connectivity index is 2.12. The zero-order chi connectivity index (χ0) is 15.5. The van der Waals surface area contributed by atoms with Crippen LogP contribution >= 0.6 is 0 Å². The highest BCUT2D eigenvalue weighted by molar-refractivity contribution is 5.65. The van der Waals surface area contributed by atoms with Gasteiger partial charge in [-0.25, -0.2) is 4.68 Å². The monoisotopic (exact) mass is 295 g/mol. The number of nitrogens with zero attached hydrogens (tertiary/aromatic N) is 3. The molecule has 0 atom stereocenters. The zero-order valence-corrected chi connectivity index (χ0v) is 12.5. The number of methoxy groups -OCH3 is 1. The van der Waals surface area contributed by atoms with Crippen molar-refractivity contribution in [3.05, 3.63) is 59.8 Å². The first-order chi connectivity index (χ1) is 10.7. The fourth-order valence-corrected chi connectivity index (χ4v) is 2.32. The van der Waals surface area contributed by atoms with E-state index in [0.717, 1.165) is 22.7 Å². The minimum atomic E-state index is -0.160. The summed E-state index contributed by atoms with van der Waals surface area (Å²) in [4.78, 5) is 0. The van der Waals surface area contributed by atoms with Crippen LogP contribution in [0.15, 0.2) is 48.5 Å². The number of aliphatic hydroxyl groups excluding tert-OH is 1. The quantitative estimate of drug-likeness (QED) is 0.804. The molecule has 0 saturated heterocycles. The summed E-state index contributed by atoms with van der Waals surface area (Å²) < 4.78 is 6.93. The molecule has 1 aromatic heterocycles. The standard InChI is InChI=1S/C17H17N3O2/c1-12-3-7-14(8-4-12)20-17(16(11-21)18-19-20)13-5-9-15(22-2)10-6-13/h3-10,21H,11H2,1-2H3. The van der Waals surface area contributed by atoms with Crippen LogP contribution in [0.4, 0.5) is 0 Å². The van der Waals surface area contributed by atoms with Gasteiger partial charge in [-0.2, -0.15) is 0 Å². The lowest BCUT2D eigenvalue weighted by atomic mass is 10.1. The average molecular weight is 295 g/mol. The van der Waals surface area contributed by atoms with Gasteiger partial charge >= 0.3 is 0 Å². The minimum absolute atomic E-state index is 0.160. The number of benzene rings is 2. The second-order valence-corrected chi connectivity index (χ2v) is 5.02. The van der Waals surface area contributed by atoms with Crippen LogP contribution in [0.25, 0.3) is 16.9 Å². The highest BCUT2D eigenvalue weighted by Crippen LogP contribution is 2.27. The second-order valence-electron chi connectivity index (χ2n) is 5.02. The molecule has 5 heteroatoms. The van der Waals surface area contributed by atoms with Crippen LogP contribution in [-0.4, -0.2) is 27.2 Å². The molecule has 0 saturated carbocycles. The normalized spacial score (nSPS) is 10.7. The van der Waals surface area contributed by atoms with E-state index in [9.17, 15) is 5.11 Å². The summed E-state index contributed by atoms with van der Waals surface area (Å²) >= 11 is 0. The molecule has 0 aliphatic heterocycles. The van der Waals surface area contributed by atoms with Crippen LogP contribution in [0.5, 0.6) is 5.75 Å². The van der Waals surface area contributed by atoms with E-state index in [-0.39, 0.29) is 6.61 Å². The first-order valence-corrected chi connectivity index (χ1v) is 7.00. The number of aromatic nitrogens is 3. The Labute approximate surface area is 128 Å². The molecular weight excluding hydrogens is 278 g/mol. The molecule has 5 nitrogen and oxygen atoms in total. The lowest BCUT2D eigenvalue weighted by Crippen LogP contribution is -2.00. The van der Waals surface area contributed by atoms with Crippen LogP contribution in [0, 0.1) is 6.92 Å². The molecule has 0 fully saturated rings. The van der Waals surface area contributed by atoms with Gasteiger partial charge in [-0.1, -0.05) is 22.9 Å². The molecule has 0 bridgehead atoms. The smallest absolute Gasteiger partial charge is 0.118 e. The van der Waals surface area contributed by atoms with Crippen molar-refractivity contribution >= 4 is 0 Å². The molecule has 0 spiro atoms. The Morgan fingerprint density at radius 1 is 1.05 bits per heavy atom. The molecule has 0 amide bonds. The molecule has 1 heterocycles. The van der Waals surface area contributed by atoms with Crippen molar-refractivity contribution < 1.29 is 9.84 Å². The molecule has 3 rings (SSSR count). The predicted molar refractivity (Wildman–Crippen MR) is 84.0 cm³/mol. The maximum atomic E-state index is 9.54. The van der Waals surface area contributed by atoms with E-state index in [0.29, 0.717) is 5.69 Å². The van der Waals surface area contributed by atoms with Gasteiger partial charge in [-0.05, 0) is 43.3 Å². The molecule has 22 heavy (non-hydrogen) atoms. The average Bonchev–Trinajstić information content (AvgIpc) is 2.99. The van der Waals surface area contributed by atoms with E-state index in [4.69, 9.17) is 4.74 Å². The SMILES string of the molecule is COc1ccc(-c2c(CO)nnn2-c2ccc(C)cc2)cc1. The van der Waals surface area contributed by atoms with E-state index >= 15 is 0 Å². The fraction of sp³-hybridized carbons (Fsp3) is 0.176. The van der Waals surface area contributed by atoms with Crippen LogP contribution in [-0.2, 0) is 6.61 Å². The predicted octanol–water partition coefficient (Wildman–Crippen LogP) is 2.74. The van der Waals surface area contributed by atoms with Gasteiger partial charge in [0.2, 0.25) is 0 Å². The second kappa shape index (κ2) is 5.99. The van der Waals surface area contributed by atoms with Gasteiger partial charge in [0, 0.05) is 5.56 Å². The van der Waals surface area contributed by atoms with Crippen LogP contribution in [0.1, 0.15) is 11.3 Å². The summed E-state index contributed by atoms with van der Waals surface area (Å²) in [6, 6.07) is 15.6. The topological polar surface area (TPSA) is 60.2 Å². The van der Waals surface area contributed by atoms with E-state index < -0.39 is 0 Å². The Kier molecular flexibility index (Phi) is 3.89. The Morgan fingerprint density at radius 2 is 1.73 bits per heavy atom. The molecule has 2 aromatic carbocycles. The lowest BCUT2D eigenvalue weighted by Gasteiger charge is -2.09. The summed E-state index contributed by atoms with van der Waals surface area (Å²) in [7, 11) is 1.63. The van der Waals surface area contributed by atoms with Gasteiger partial charge in [-0.3, -0.25) is 0 Å². The van der Waals surface area contributed by atoms with Gasteiger partial charge < -0.3 is 9.84 Å². The molecule has 3 aromatic rings. The van der Waals surface area contributed by atoms with Crippen LogP contribution in [0.2, 0.25) is 0 Å². The van der Waals surface area contributed by atoms with Crippen molar-refractivity contribution in [2.75, 3.05) is 7.11 Å². The lowest BCUT2D eigenvalue weighted by molar-refractivity contribution is 0.277. The van der Waals surface area contributed by atoms with E-state index in [1.165, 1.54) is 5.56 Å². The molecule has 0 radical (unpaired) electrons. The van der Waals surface area contributed by atoms with Crippen molar-refractivity contribution in [3.63, 3.8) is 0 Å². The molecule has 0 unspecified atom stereocenters. The first kappa shape index (κ1) is 14.3. The maximum Gasteiger partial charge on any atom is 0.118 e. The summed E-state index contributed by atoms with van der Waals surface area (Å²) in [5.74, 6) is 0.781. The molecule has 0 aliphatic rings. The van der Waals surface area contributed by atoms with Crippen molar-refractivity contribution in [1.82, 2.24) is 15.0 Å². The van der Waals surface area contributed by atoms with E-state index in [1.54, 1.807) is 11.8 Å². The van der Waals surface area contributed by atoms with E-state index in [1.807, 2.05) is 55.5 Å². The van der Waals surface area contributed by atoms with Crippen molar-refractivity contribution in [1.29, 1.82) is 0 Å². The number of aliphatic hydroxyl groups is 1. The van der Waals surface area contributed by atoms with Crippen molar-refractivity contribution in [2.24, 2.45) is 0 Å². The van der Waals surface area contributed by atoms with Gasteiger partial charge in [0.25, 0.3) is 0 Å². The maximum absolute atomic E-state index is 9.54. The van der Waals surface area contributed by atoms with Crippen molar-refractivity contribution in [2.45, 2.75) is 13.5 Å². The number of hydrogen-bond acceptors (Lipinski definition) is 4. The molecule has 1 N–H and O–H groups in total. The third kappa shape index (κ3) is 2.58. The Bertz CT molecular complexity index is 762. The fourth-order valence-electron chi connectivity index (χ4n) is 2.32. The zero-order valence-electron chi connectivity index (χ0n) is 12.5. The first-order valence-electron chi connectivity index (χ1n) is 7.00. The Morgan fingerprint density at radius 3 is 2.32 bits per heavy atom. The van der Waals surface area contributed by atoms with Gasteiger partial charge in [-0.15, -0.1) is 5.10 Å². The number of aryl methyl sites for hydroxylation is 1. The molecular formula is C17H17N3O2. The largest absolute Gasteiger partial charge is 0.497 e. The van der Waals surface area contributed by atoms with Crippen LogP contribution < -0.4 is 4.74 Å². The third-order valence-electron chi connectivity index (χ3n) is 3.53. The van der Waals surface area contributed by atoms with E-state index in [2.05, 4.69) is 10.3 Å². The summed E-state index contributed by atoms with van der Waals surface area (Å²) in [5.41, 5.74) is 4.34. The highest BCUT2D eigenvalue weighted by Gasteiger charge is 2.15. The van der Waals surface area contributed by atoms with Gasteiger partial charge in [0.1, 0.15) is 17.1 Å². The molecule has 112 valence electrons. The number of ether oxygens (including phenoxy) is 1. The number of rotatable bonds is 4.